The minimum Gasteiger partial charge on any atom is -0.309 e. The highest BCUT2D eigenvalue weighted by Crippen LogP contribution is 2.52. The Bertz CT molecular complexity index is 3060. The van der Waals surface area contributed by atoms with E-state index in [1.54, 1.807) is 0 Å². The highest BCUT2D eigenvalue weighted by atomic mass is 15.3. The van der Waals surface area contributed by atoms with Gasteiger partial charge in [-0.3, -0.25) is 4.57 Å². The molecule has 0 fully saturated rings. The lowest BCUT2D eigenvalue weighted by Gasteiger charge is -2.21. The molecular formula is C53H38N4. The largest absolute Gasteiger partial charge is 0.309 e. The fourth-order valence-corrected chi connectivity index (χ4v) is 9.20. The summed E-state index contributed by atoms with van der Waals surface area (Å²) in [6, 6.07) is 69.7. The fourth-order valence-electron chi connectivity index (χ4n) is 9.20. The van der Waals surface area contributed by atoms with E-state index in [9.17, 15) is 0 Å². The Morgan fingerprint density at radius 2 is 0.930 bits per heavy atom. The van der Waals surface area contributed by atoms with Crippen molar-refractivity contribution in [1.29, 1.82) is 0 Å². The lowest BCUT2D eigenvalue weighted by Crippen LogP contribution is -2.14. The molecule has 57 heavy (non-hydrogen) atoms. The maximum Gasteiger partial charge on any atom is 0.168 e. The number of hydrogen-bond acceptors (Lipinski definition) is 2. The van der Waals surface area contributed by atoms with Gasteiger partial charge in [0.2, 0.25) is 0 Å². The van der Waals surface area contributed by atoms with Crippen LogP contribution >= 0.6 is 0 Å². The first-order valence-corrected chi connectivity index (χ1v) is 19.6. The zero-order valence-corrected chi connectivity index (χ0v) is 31.8. The molecule has 0 atom stereocenters. The van der Waals surface area contributed by atoms with Crippen LogP contribution < -0.4 is 0 Å². The van der Waals surface area contributed by atoms with E-state index in [2.05, 4.69) is 181 Å². The highest BCUT2D eigenvalue weighted by Gasteiger charge is 2.36. The Kier molecular flexibility index (Phi) is 7.48. The molecular weight excluding hydrogens is 693 g/mol. The summed E-state index contributed by atoms with van der Waals surface area (Å²) in [4.78, 5) is 0. The van der Waals surface area contributed by atoms with Gasteiger partial charge in [0.05, 0.1) is 11.0 Å². The van der Waals surface area contributed by atoms with Crippen LogP contribution in [-0.4, -0.2) is 19.3 Å². The summed E-state index contributed by atoms with van der Waals surface area (Å²) in [5.41, 5.74) is 16.7. The van der Waals surface area contributed by atoms with Crippen LogP contribution in [0.25, 0.3) is 89.3 Å². The van der Waals surface area contributed by atoms with Crippen LogP contribution in [0.5, 0.6) is 0 Å². The van der Waals surface area contributed by atoms with Crippen LogP contribution in [0.3, 0.4) is 0 Å². The summed E-state index contributed by atoms with van der Waals surface area (Å²) in [6.45, 7) is 4.70. The minimum atomic E-state index is -0.0643. The van der Waals surface area contributed by atoms with Gasteiger partial charge < -0.3 is 4.57 Å². The van der Waals surface area contributed by atoms with Crippen molar-refractivity contribution in [2.75, 3.05) is 0 Å². The van der Waals surface area contributed by atoms with E-state index in [0.29, 0.717) is 0 Å². The Hall–Kier alpha value is -7.30. The van der Waals surface area contributed by atoms with E-state index in [-0.39, 0.29) is 5.41 Å². The second kappa shape index (κ2) is 12.9. The average Bonchev–Trinajstić information content (AvgIpc) is 3.93. The van der Waals surface area contributed by atoms with Gasteiger partial charge in [-0.05, 0) is 87.0 Å². The second-order valence-electron chi connectivity index (χ2n) is 15.5. The van der Waals surface area contributed by atoms with Gasteiger partial charge in [0.15, 0.2) is 11.6 Å². The second-order valence-corrected chi connectivity index (χ2v) is 15.5. The van der Waals surface area contributed by atoms with Gasteiger partial charge in [-0.25, -0.2) is 0 Å². The predicted octanol–water partition coefficient (Wildman–Crippen LogP) is 13.3. The maximum absolute atomic E-state index is 4.71. The van der Waals surface area contributed by atoms with Crippen molar-refractivity contribution in [3.05, 3.63) is 205 Å². The summed E-state index contributed by atoms with van der Waals surface area (Å²) in [7, 11) is 0. The summed E-state index contributed by atoms with van der Waals surface area (Å²) in [6.07, 6.45) is 0. The Morgan fingerprint density at radius 1 is 0.386 bits per heavy atom. The molecule has 0 amide bonds. The molecule has 2 heterocycles. The van der Waals surface area contributed by atoms with Gasteiger partial charge in [0.25, 0.3) is 0 Å². The Labute approximate surface area is 332 Å². The fraction of sp³-hybridized carbons (Fsp3) is 0.0566. The third kappa shape index (κ3) is 5.14. The van der Waals surface area contributed by atoms with E-state index in [4.69, 9.17) is 10.2 Å². The molecule has 2 aromatic heterocycles. The van der Waals surface area contributed by atoms with Crippen molar-refractivity contribution in [3.63, 3.8) is 0 Å². The standard InChI is InChI=1S/C53H38N4/c1-53(2)45-25-13-12-22-43(45)49-42(23-14-26-46(49)53)38-30-33-47-44(34-38)50-41(24-15-27-48(50)56(47)39-20-10-5-11-21-39)35-28-31-40(32-29-35)57-51(36-16-6-3-7-17-36)54-55-52(57)37-18-8-4-9-19-37/h3-34H,1-2H3. The lowest BCUT2D eigenvalue weighted by molar-refractivity contribution is 0.660. The third-order valence-corrected chi connectivity index (χ3v) is 11.9. The van der Waals surface area contributed by atoms with Gasteiger partial charge >= 0.3 is 0 Å². The molecule has 10 aromatic rings. The van der Waals surface area contributed by atoms with Crippen LogP contribution in [0.1, 0.15) is 25.0 Å². The lowest BCUT2D eigenvalue weighted by atomic mass is 9.82. The molecule has 0 unspecified atom stereocenters. The van der Waals surface area contributed by atoms with Crippen molar-refractivity contribution in [2.24, 2.45) is 0 Å². The Morgan fingerprint density at radius 3 is 1.63 bits per heavy atom. The first-order valence-electron chi connectivity index (χ1n) is 19.6. The topological polar surface area (TPSA) is 35.6 Å². The molecule has 8 aromatic carbocycles. The Balaban J connectivity index is 1.11. The van der Waals surface area contributed by atoms with Crippen LogP contribution in [-0.2, 0) is 5.41 Å². The molecule has 4 heteroatoms. The van der Waals surface area contributed by atoms with Gasteiger partial charge in [0.1, 0.15) is 0 Å². The monoisotopic (exact) mass is 730 g/mol. The van der Waals surface area contributed by atoms with Crippen molar-refractivity contribution in [1.82, 2.24) is 19.3 Å². The summed E-state index contributed by atoms with van der Waals surface area (Å²) in [5, 5.41) is 11.9. The third-order valence-electron chi connectivity index (χ3n) is 11.9. The van der Waals surface area contributed by atoms with E-state index >= 15 is 0 Å². The van der Waals surface area contributed by atoms with Crippen LogP contribution in [0.4, 0.5) is 0 Å². The van der Waals surface area contributed by atoms with Crippen molar-refractivity contribution in [3.8, 4) is 67.5 Å². The van der Waals surface area contributed by atoms with Crippen LogP contribution in [0, 0.1) is 0 Å². The molecule has 0 aliphatic heterocycles. The molecule has 4 nitrogen and oxygen atoms in total. The van der Waals surface area contributed by atoms with Gasteiger partial charge in [-0.15, -0.1) is 10.2 Å². The molecule has 1 aliphatic rings. The van der Waals surface area contributed by atoms with E-state index < -0.39 is 0 Å². The molecule has 0 bridgehead atoms. The van der Waals surface area contributed by atoms with E-state index in [0.717, 1.165) is 39.7 Å². The highest BCUT2D eigenvalue weighted by molar-refractivity contribution is 6.17. The number of aromatic nitrogens is 4. The SMILES string of the molecule is CC1(C)c2ccccc2-c2c(-c3ccc4c(c3)c3c(-c5ccc(-n6c(-c7ccccc7)nnc6-c6ccccc6)cc5)cccc3n4-c3ccccc3)cccc21. The number of nitrogens with zero attached hydrogens (tertiary/aromatic N) is 4. The first kappa shape index (κ1) is 33.1. The number of hydrogen-bond donors (Lipinski definition) is 0. The van der Waals surface area contributed by atoms with Crippen molar-refractivity contribution < 1.29 is 0 Å². The van der Waals surface area contributed by atoms with Crippen molar-refractivity contribution >= 4 is 21.8 Å². The van der Waals surface area contributed by atoms with E-state index in [1.165, 1.54) is 60.8 Å². The zero-order chi connectivity index (χ0) is 38.1. The maximum atomic E-state index is 4.71. The van der Waals surface area contributed by atoms with E-state index in [1.807, 2.05) is 36.4 Å². The molecule has 0 spiro atoms. The molecule has 0 radical (unpaired) electrons. The van der Waals surface area contributed by atoms with Crippen molar-refractivity contribution in [2.45, 2.75) is 19.3 Å². The molecule has 0 N–H and O–H groups in total. The zero-order valence-electron chi connectivity index (χ0n) is 31.8. The van der Waals surface area contributed by atoms with Crippen LogP contribution in [0.2, 0.25) is 0 Å². The predicted molar refractivity (Wildman–Crippen MR) is 235 cm³/mol. The quantitative estimate of drug-likeness (QED) is 0.171. The number of para-hydroxylation sites is 1. The van der Waals surface area contributed by atoms with Gasteiger partial charge in [-0.1, -0.05) is 166 Å². The van der Waals surface area contributed by atoms with Gasteiger partial charge in [0, 0.05) is 38.7 Å². The summed E-state index contributed by atoms with van der Waals surface area (Å²) in [5.74, 6) is 1.61. The summed E-state index contributed by atoms with van der Waals surface area (Å²) >= 11 is 0. The molecule has 0 saturated heterocycles. The summed E-state index contributed by atoms with van der Waals surface area (Å²) < 4.78 is 4.58. The molecule has 11 rings (SSSR count). The minimum absolute atomic E-state index is 0.0643. The number of rotatable bonds is 6. The molecule has 270 valence electrons. The molecule has 0 saturated carbocycles. The normalized spacial score (nSPS) is 12.9. The first-order chi connectivity index (χ1) is 28.1. The van der Waals surface area contributed by atoms with Gasteiger partial charge in [-0.2, -0.15) is 0 Å². The number of benzene rings is 8. The number of fused-ring (bicyclic) bond motifs is 6. The van der Waals surface area contributed by atoms with Crippen LogP contribution in [0.15, 0.2) is 194 Å². The average molecular weight is 731 g/mol. The smallest absolute Gasteiger partial charge is 0.168 e. The molecule has 1 aliphatic carbocycles.